The number of aliphatic imine (C=N–C) groups is 1. The molecule has 2 aromatic carbocycles. The summed E-state index contributed by atoms with van der Waals surface area (Å²) in [6.07, 6.45) is 7.26. The summed E-state index contributed by atoms with van der Waals surface area (Å²) in [5.41, 5.74) is 5.54. The monoisotopic (exact) mass is 353 g/mol. The highest BCUT2D eigenvalue weighted by molar-refractivity contribution is 7.85. The first kappa shape index (κ1) is 16.8. The third-order valence-electron chi connectivity index (χ3n) is 3.31. The van der Waals surface area contributed by atoms with Gasteiger partial charge in [0.1, 0.15) is 0 Å². The van der Waals surface area contributed by atoms with Gasteiger partial charge in [-0.1, -0.05) is 24.3 Å². The van der Waals surface area contributed by atoms with Crippen molar-refractivity contribution in [3.63, 3.8) is 0 Å². The Bertz CT molecular complexity index is 973. The number of nitrogens with one attached hydrogen (secondary N) is 1. The van der Waals surface area contributed by atoms with Crippen LogP contribution in [0.25, 0.3) is 0 Å². The minimum Gasteiger partial charge on any atom is -0.282 e. The van der Waals surface area contributed by atoms with Gasteiger partial charge in [-0.05, 0) is 54.6 Å². The van der Waals surface area contributed by atoms with Crippen LogP contribution in [0.1, 0.15) is 0 Å². The van der Waals surface area contributed by atoms with Crippen LogP contribution in [0.3, 0.4) is 0 Å². The predicted octanol–water partition coefficient (Wildman–Crippen LogP) is 3.60. The fourth-order valence-electron chi connectivity index (χ4n) is 2.11. The molecule has 0 atom stereocenters. The molecular formula is C18H15N3O3S. The number of anilines is 1. The van der Waals surface area contributed by atoms with Crippen LogP contribution in [0.4, 0.5) is 11.4 Å². The van der Waals surface area contributed by atoms with Crippen molar-refractivity contribution in [2.24, 2.45) is 10.1 Å². The third-order valence-corrected chi connectivity index (χ3v) is 4.16. The average Bonchev–Trinajstić information content (AvgIpc) is 2.62. The van der Waals surface area contributed by atoms with E-state index < -0.39 is 10.1 Å². The molecule has 1 aliphatic carbocycles. The number of para-hydroxylation sites is 1. The molecule has 0 aliphatic heterocycles. The molecule has 7 heteroatoms. The van der Waals surface area contributed by atoms with Gasteiger partial charge < -0.3 is 0 Å². The molecule has 0 spiro atoms. The Morgan fingerprint density at radius 3 is 2.20 bits per heavy atom. The van der Waals surface area contributed by atoms with Crippen molar-refractivity contribution in [1.29, 1.82) is 0 Å². The van der Waals surface area contributed by atoms with Gasteiger partial charge in [0, 0.05) is 0 Å². The lowest BCUT2D eigenvalue weighted by Gasteiger charge is -2.05. The van der Waals surface area contributed by atoms with E-state index in [0.717, 1.165) is 11.4 Å². The third kappa shape index (κ3) is 4.72. The van der Waals surface area contributed by atoms with Gasteiger partial charge >= 0.3 is 0 Å². The Labute approximate surface area is 145 Å². The quantitative estimate of drug-likeness (QED) is 0.499. The maximum atomic E-state index is 11.1. The molecule has 2 aromatic rings. The van der Waals surface area contributed by atoms with E-state index in [1.807, 2.05) is 42.5 Å². The van der Waals surface area contributed by atoms with Gasteiger partial charge in [0.25, 0.3) is 10.1 Å². The van der Waals surface area contributed by atoms with Crippen molar-refractivity contribution in [3.8, 4) is 0 Å². The highest BCUT2D eigenvalue weighted by atomic mass is 32.2. The number of allylic oxidation sites excluding steroid dienone is 4. The molecule has 0 bridgehead atoms. The molecule has 126 valence electrons. The molecule has 3 rings (SSSR count). The lowest BCUT2D eigenvalue weighted by Crippen LogP contribution is -2.03. The van der Waals surface area contributed by atoms with Gasteiger partial charge in [0.05, 0.1) is 27.7 Å². The second-order valence-electron chi connectivity index (χ2n) is 5.19. The lowest BCUT2D eigenvalue weighted by molar-refractivity contribution is 0.483. The first-order valence-corrected chi connectivity index (χ1v) is 8.86. The fraction of sp³-hybridized carbons (Fsp3) is 0. The van der Waals surface area contributed by atoms with Crippen LogP contribution in [0.5, 0.6) is 0 Å². The predicted molar refractivity (Wildman–Crippen MR) is 99.1 cm³/mol. The van der Waals surface area contributed by atoms with E-state index in [2.05, 4.69) is 15.5 Å². The van der Waals surface area contributed by atoms with E-state index in [-0.39, 0.29) is 4.90 Å². The highest BCUT2D eigenvalue weighted by Gasteiger charge is 2.09. The van der Waals surface area contributed by atoms with Gasteiger partial charge in [-0.25, -0.2) is 4.99 Å². The van der Waals surface area contributed by atoms with Crippen molar-refractivity contribution in [2.45, 2.75) is 4.90 Å². The Kier molecular flexibility index (Phi) is 4.87. The Hall–Kier alpha value is -3.03. The molecule has 0 heterocycles. The summed E-state index contributed by atoms with van der Waals surface area (Å²) in [4.78, 5) is 4.29. The van der Waals surface area contributed by atoms with Gasteiger partial charge in [0.15, 0.2) is 0 Å². The van der Waals surface area contributed by atoms with Crippen molar-refractivity contribution >= 4 is 32.9 Å². The molecule has 0 saturated carbocycles. The lowest BCUT2D eigenvalue weighted by atomic mass is 10.1. The number of rotatable bonds is 4. The molecule has 2 N–H and O–H groups in total. The van der Waals surface area contributed by atoms with Crippen LogP contribution in [-0.4, -0.2) is 24.4 Å². The summed E-state index contributed by atoms with van der Waals surface area (Å²) in [5, 5.41) is 4.18. The smallest absolute Gasteiger partial charge is 0.282 e. The minimum atomic E-state index is -4.24. The van der Waals surface area contributed by atoms with Gasteiger partial charge in [-0.2, -0.15) is 13.5 Å². The number of hydrazone groups is 1. The van der Waals surface area contributed by atoms with E-state index in [9.17, 15) is 8.42 Å². The van der Waals surface area contributed by atoms with Crippen LogP contribution < -0.4 is 5.43 Å². The molecule has 0 aromatic heterocycles. The number of benzene rings is 2. The SMILES string of the molecule is O=S(=O)(O)c1cccc(NN=C2C=CC(=Nc3ccccc3)C=C2)c1. The molecule has 0 fully saturated rings. The zero-order valence-electron chi connectivity index (χ0n) is 13.1. The van der Waals surface area contributed by atoms with Crippen LogP contribution in [-0.2, 0) is 10.1 Å². The van der Waals surface area contributed by atoms with E-state index in [0.29, 0.717) is 11.4 Å². The summed E-state index contributed by atoms with van der Waals surface area (Å²) in [6, 6.07) is 15.4. The molecule has 25 heavy (non-hydrogen) atoms. The van der Waals surface area contributed by atoms with Crippen LogP contribution >= 0.6 is 0 Å². The summed E-state index contributed by atoms with van der Waals surface area (Å²) in [6.45, 7) is 0. The van der Waals surface area contributed by atoms with E-state index >= 15 is 0 Å². The second kappa shape index (κ2) is 7.25. The molecule has 0 radical (unpaired) electrons. The van der Waals surface area contributed by atoms with Crippen molar-refractivity contribution in [1.82, 2.24) is 0 Å². The minimum absolute atomic E-state index is 0.190. The summed E-state index contributed by atoms with van der Waals surface area (Å²) in [5.74, 6) is 0. The summed E-state index contributed by atoms with van der Waals surface area (Å²) < 4.78 is 31.3. The van der Waals surface area contributed by atoms with Crippen LogP contribution in [0.15, 0.2) is 93.9 Å². The molecule has 0 unspecified atom stereocenters. The Morgan fingerprint density at radius 2 is 1.52 bits per heavy atom. The Morgan fingerprint density at radius 1 is 0.840 bits per heavy atom. The second-order valence-corrected chi connectivity index (χ2v) is 6.61. The zero-order valence-corrected chi connectivity index (χ0v) is 13.9. The Balaban J connectivity index is 1.70. The summed E-state index contributed by atoms with van der Waals surface area (Å²) in [7, 11) is -4.24. The normalized spacial score (nSPS) is 13.6. The van der Waals surface area contributed by atoms with E-state index in [4.69, 9.17) is 4.55 Å². The first-order valence-electron chi connectivity index (χ1n) is 7.42. The van der Waals surface area contributed by atoms with Gasteiger partial charge in [-0.15, -0.1) is 0 Å². The maximum absolute atomic E-state index is 11.1. The van der Waals surface area contributed by atoms with Gasteiger partial charge in [0.2, 0.25) is 0 Å². The number of hydrogen-bond donors (Lipinski definition) is 2. The van der Waals surface area contributed by atoms with Crippen molar-refractivity contribution in [2.75, 3.05) is 5.43 Å². The molecular weight excluding hydrogens is 338 g/mol. The maximum Gasteiger partial charge on any atom is 0.294 e. The van der Waals surface area contributed by atoms with Crippen LogP contribution in [0, 0.1) is 0 Å². The summed E-state index contributed by atoms with van der Waals surface area (Å²) >= 11 is 0. The van der Waals surface area contributed by atoms with Gasteiger partial charge in [-0.3, -0.25) is 9.98 Å². The highest BCUT2D eigenvalue weighted by Crippen LogP contribution is 2.16. The molecule has 0 amide bonds. The zero-order chi connectivity index (χ0) is 17.7. The number of nitrogens with zero attached hydrogens (tertiary/aromatic N) is 2. The van der Waals surface area contributed by atoms with Crippen LogP contribution in [0.2, 0.25) is 0 Å². The topological polar surface area (TPSA) is 91.1 Å². The molecule has 1 aliphatic rings. The average molecular weight is 353 g/mol. The molecule has 0 saturated heterocycles. The van der Waals surface area contributed by atoms with E-state index in [1.54, 1.807) is 18.2 Å². The van der Waals surface area contributed by atoms with Crippen molar-refractivity contribution in [3.05, 3.63) is 78.9 Å². The largest absolute Gasteiger partial charge is 0.294 e. The molecule has 6 nitrogen and oxygen atoms in total. The first-order chi connectivity index (χ1) is 12.0. The number of hydrogen-bond acceptors (Lipinski definition) is 5. The standard InChI is InChI=1S/C18H15N3O3S/c22-25(23,24)18-8-4-7-17(13-18)21-20-16-11-9-15(10-12-16)19-14-5-2-1-3-6-14/h1-13,21H,(H,22,23,24). The van der Waals surface area contributed by atoms with Crippen molar-refractivity contribution < 1.29 is 13.0 Å². The fourth-order valence-corrected chi connectivity index (χ4v) is 2.63. The van der Waals surface area contributed by atoms with E-state index in [1.165, 1.54) is 18.2 Å².